The van der Waals surface area contributed by atoms with E-state index in [1.807, 2.05) is 62.4 Å². The lowest BCUT2D eigenvalue weighted by molar-refractivity contribution is 0.332. The van der Waals surface area contributed by atoms with Crippen LogP contribution in [0.5, 0.6) is 11.5 Å². The van der Waals surface area contributed by atoms with E-state index in [0.717, 1.165) is 22.8 Å². The first-order valence-corrected chi connectivity index (χ1v) is 9.25. The number of anilines is 1. The van der Waals surface area contributed by atoms with E-state index >= 15 is 0 Å². The third-order valence-corrected chi connectivity index (χ3v) is 3.94. The summed E-state index contributed by atoms with van der Waals surface area (Å²) in [6, 6.07) is 15.6. The Balaban J connectivity index is 1.69. The van der Waals surface area contributed by atoms with Crippen molar-refractivity contribution in [3.63, 3.8) is 0 Å². The van der Waals surface area contributed by atoms with Gasteiger partial charge >= 0.3 is 0 Å². The number of aromatic amines is 1. The SMILES string of the molecule is CCOc1ccc(OCC)c(NC(N)=NCc2ncc(-c3ccccc3)[nH]2)c1. The Kier molecular flexibility index (Phi) is 6.51. The van der Waals surface area contributed by atoms with Crippen molar-refractivity contribution in [1.82, 2.24) is 9.97 Å². The Morgan fingerprint density at radius 2 is 1.89 bits per heavy atom. The van der Waals surface area contributed by atoms with Crippen LogP contribution in [0.3, 0.4) is 0 Å². The Labute approximate surface area is 164 Å². The summed E-state index contributed by atoms with van der Waals surface area (Å²) in [7, 11) is 0. The first kappa shape index (κ1) is 19.3. The molecule has 0 amide bonds. The molecule has 0 fully saturated rings. The van der Waals surface area contributed by atoms with Gasteiger partial charge in [0.2, 0.25) is 0 Å². The molecule has 2 aromatic carbocycles. The molecule has 4 N–H and O–H groups in total. The molecule has 146 valence electrons. The molecule has 0 aliphatic heterocycles. The number of hydrogen-bond acceptors (Lipinski definition) is 4. The summed E-state index contributed by atoms with van der Waals surface area (Å²) in [5, 5.41) is 3.08. The summed E-state index contributed by atoms with van der Waals surface area (Å²) >= 11 is 0. The minimum absolute atomic E-state index is 0.271. The molecule has 7 nitrogen and oxygen atoms in total. The maximum atomic E-state index is 6.06. The molecule has 7 heteroatoms. The average Bonchev–Trinajstić information content (AvgIpc) is 3.19. The first-order valence-electron chi connectivity index (χ1n) is 9.25. The fourth-order valence-corrected chi connectivity index (χ4v) is 2.69. The van der Waals surface area contributed by atoms with E-state index in [2.05, 4.69) is 20.3 Å². The number of benzene rings is 2. The minimum atomic E-state index is 0.271. The zero-order chi connectivity index (χ0) is 19.8. The maximum absolute atomic E-state index is 6.06. The minimum Gasteiger partial charge on any atom is -0.494 e. The quantitative estimate of drug-likeness (QED) is 0.408. The fraction of sp³-hybridized carbons (Fsp3) is 0.238. The van der Waals surface area contributed by atoms with Crippen molar-refractivity contribution >= 4 is 11.6 Å². The second-order valence-corrected chi connectivity index (χ2v) is 5.96. The van der Waals surface area contributed by atoms with Crippen molar-refractivity contribution in [3.8, 4) is 22.8 Å². The number of nitrogens with two attached hydrogens (primary N) is 1. The molecule has 0 aliphatic carbocycles. The Morgan fingerprint density at radius 1 is 1.11 bits per heavy atom. The van der Waals surface area contributed by atoms with E-state index in [0.29, 0.717) is 31.2 Å². The van der Waals surface area contributed by atoms with Gasteiger partial charge in [-0.15, -0.1) is 0 Å². The van der Waals surface area contributed by atoms with Crippen molar-refractivity contribution in [3.05, 3.63) is 60.6 Å². The molecule has 0 saturated heterocycles. The van der Waals surface area contributed by atoms with Gasteiger partial charge in [0.25, 0.3) is 0 Å². The van der Waals surface area contributed by atoms with Crippen molar-refractivity contribution in [2.75, 3.05) is 18.5 Å². The van der Waals surface area contributed by atoms with E-state index in [-0.39, 0.29) is 5.96 Å². The first-order chi connectivity index (χ1) is 13.7. The van der Waals surface area contributed by atoms with E-state index in [1.54, 1.807) is 6.20 Å². The Morgan fingerprint density at radius 3 is 2.64 bits per heavy atom. The number of nitrogens with one attached hydrogen (secondary N) is 2. The van der Waals surface area contributed by atoms with Gasteiger partial charge in [0.1, 0.15) is 23.9 Å². The highest BCUT2D eigenvalue weighted by Crippen LogP contribution is 2.29. The number of H-pyrrole nitrogens is 1. The summed E-state index contributed by atoms with van der Waals surface area (Å²) in [4.78, 5) is 12.0. The molecule has 0 aliphatic rings. The van der Waals surface area contributed by atoms with Crippen molar-refractivity contribution in [1.29, 1.82) is 0 Å². The van der Waals surface area contributed by atoms with Gasteiger partial charge in [0.05, 0.1) is 30.8 Å². The predicted molar refractivity (Wildman–Crippen MR) is 112 cm³/mol. The molecule has 0 spiro atoms. The normalized spacial score (nSPS) is 11.3. The molecule has 0 unspecified atom stereocenters. The van der Waals surface area contributed by atoms with Crippen LogP contribution in [0.25, 0.3) is 11.3 Å². The number of imidazole rings is 1. The second kappa shape index (κ2) is 9.45. The van der Waals surface area contributed by atoms with Crippen LogP contribution >= 0.6 is 0 Å². The molecule has 0 radical (unpaired) electrons. The number of nitrogens with zero attached hydrogens (tertiary/aromatic N) is 2. The lowest BCUT2D eigenvalue weighted by Crippen LogP contribution is -2.23. The molecule has 0 bridgehead atoms. The van der Waals surface area contributed by atoms with Gasteiger partial charge in [0, 0.05) is 6.07 Å². The van der Waals surface area contributed by atoms with Gasteiger partial charge in [-0.3, -0.25) is 0 Å². The van der Waals surface area contributed by atoms with Crippen molar-refractivity contribution < 1.29 is 9.47 Å². The van der Waals surface area contributed by atoms with E-state index in [9.17, 15) is 0 Å². The van der Waals surface area contributed by atoms with Crippen LogP contribution in [-0.2, 0) is 6.54 Å². The van der Waals surface area contributed by atoms with Crippen molar-refractivity contribution in [2.24, 2.45) is 10.7 Å². The van der Waals surface area contributed by atoms with Gasteiger partial charge in [-0.05, 0) is 31.5 Å². The number of hydrogen-bond donors (Lipinski definition) is 3. The van der Waals surface area contributed by atoms with E-state index in [4.69, 9.17) is 15.2 Å². The molecular weight excluding hydrogens is 354 g/mol. The second-order valence-electron chi connectivity index (χ2n) is 5.96. The number of ether oxygens (including phenoxy) is 2. The fourth-order valence-electron chi connectivity index (χ4n) is 2.69. The van der Waals surface area contributed by atoms with Crippen LogP contribution in [0.15, 0.2) is 59.7 Å². The number of rotatable bonds is 8. The molecule has 3 aromatic rings. The zero-order valence-corrected chi connectivity index (χ0v) is 16.1. The largest absolute Gasteiger partial charge is 0.494 e. The molecule has 0 atom stereocenters. The third kappa shape index (κ3) is 5.03. The van der Waals surface area contributed by atoms with Crippen LogP contribution in [0.1, 0.15) is 19.7 Å². The van der Waals surface area contributed by atoms with Crippen molar-refractivity contribution in [2.45, 2.75) is 20.4 Å². The molecule has 3 rings (SSSR count). The molecule has 1 heterocycles. The maximum Gasteiger partial charge on any atom is 0.193 e. The number of aromatic nitrogens is 2. The van der Waals surface area contributed by atoms with Crippen LogP contribution in [0.4, 0.5) is 5.69 Å². The summed E-state index contributed by atoms with van der Waals surface area (Å²) in [6.45, 7) is 5.33. The monoisotopic (exact) mass is 379 g/mol. The Hall–Kier alpha value is -3.48. The summed E-state index contributed by atoms with van der Waals surface area (Å²) in [5.41, 5.74) is 8.79. The van der Waals surface area contributed by atoms with Crippen LogP contribution in [-0.4, -0.2) is 29.1 Å². The van der Waals surface area contributed by atoms with Gasteiger partial charge in [0.15, 0.2) is 5.96 Å². The summed E-state index contributed by atoms with van der Waals surface area (Å²) in [5.74, 6) is 2.43. The highest BCUT2D eigenvalue weighted by atomic mass is 16.5. The molecule has 28 heavy (non-hydrogen) atoms. The molecule has 1 aromatic heterocycles. The summed E-state index contributed by atoms with van der Waals surface area (Å²) < 4.78 is 11.2. The smallest absolute Gasteiger partial charge is 0.193 e. The Bertz CT molecular complexity index is 922. The lowest BCUT2D eigenvalue weighted by atomic mass is 10.2. The van der Waals surface area contributed by atoms with Gasteiger partial charge in [-0.1, -0.05) is 30.3 Å². The van der Waals surface area contributed by atoms with E-state index in [1.165, 1.54) is 0 Å². The summed E-state index contributed by atoms with van der Waals surface area (Å²) in [6.07, 6.45) is 1.79. The topological polar surface area (TPSA) is 97.6 Å². The standard InChI is InChI=1S/C21H25N5O2/c1-3-27-16-10-11-19(28-4-2)17(12-16)26-21(22)24-14-20-23-13-18(25-20)15-8-6-5-7-9-15/h5-13H,3-4,14H2,1-2H3,(H,23,25)(H3,22,24,26). The van der Waals surface area contributed by atoms with E-state index < -0.39 is 0 Å². The predicted octanol–water partition coefficient (Wildman–Crippen LogP) is 3.80. The highest BCUT2D eigenvalue weighted by Gasteiger charge is 2.08. The lowest BCUT2D eigenvalue weighted by Gasteiger charge is -2.13. The third-order valence-electron chi connectivity index (χ3n) is 3.94. The molecule has 0 saturated carbocycles. The number of aliphatic imine (C=N–C) groups is 1. The van der Waals surface area contributed by atoms with Crippen LogP contribution < -0.4 is 20.5 Å². The van der Waals surface area contributed by atoms with Gasteiger partial charge in [-0.25, -0.2) is 9.98 Å². The van der Waals surface area contributed by atoms with Gasteiger partial charge in [-0.2, -0.15) is 0 Å². The molecular formula is C21H25N5O2. The van der Waals surface area contributed by atoms with Gasteiger partial charge < -0.3 is 25.5 Å². The van der Waals surface area contributed by atoms with Crippen LogP contribution in [0.2, 0.25) is 0 Å². The van der Waals surface area contributed by atoms with Crippen LogP contribution in [0, 0.1) is 0 Å². The zero-order valence-electron chi connectivity index (χ0n) is 16.1. The average molecular weight is 379 g/mol. The highest BCUT2D eigenvalue weighted by molar-refractivity contribution is 5.94. The number of guanidine groups is 1.